The highest BCUT2D eigenvalue weighted by Gasteiger charge is 2.47. The van der Waals surface area contributed by atoms with E-state index in [1.807, 2.05) is 0 Å². The summed E-state index contributed by atoms with van der Waals surface area (Å²) in [5.74, 6) is 0. The summed E-state index contributed by atoms with van der Waals surface area (Å²) in [5.41, 5.74) is 24.7. The van der Waals surface area contributed by atoms with Crippen LogP contribution >= 0.6 is 0 Å². The Kier molecular flexibility index (Phi) is 9.91. The van der Waals surface area contributed by atoms with E-state index in [0.717, 1.165) is 36.3 Å². The van der Waals surface area contributed by atoms with Crippen molar-refractivity contribution in [1.82, 2.24) is 0 Å². The number of aryl methyl sites for hydroxylation is 1. The smallest absolute Gasteiger partial charge is 0.0711 e. The van der Waals surface area contributed by atoms with Crippen molar-refractivity contribution >= 4 is 17.1 Å². The molecule has 0 aromatic heterocycles. The summed E-state index contributed by atoms with van der Waals surface area (Å²) in [6.45, 7) is 7.04. The Morgan fingerprint density at radius 1 is 0.448 bits per heavy atom. The van der Waals surface area contributed by atoms with Gasteiger partial charge in [0.2, 0.25) is 0 Å². The highest BCUT2D eigenvalue weighted by Crippen LogP contribution is 2.59. The summed E-state index contributed by atoms with van der Waals surface area (Å²) in [7, 11) is 0. The summed E-state index contributed by atoms with van der Waals surface area (Å²) in [5, 5.41) is 0. The quantitative estimate of drug-likeness (QED) is 0.140. The second-order valence-corrected chi connectivity index (χ2v) is 19.1. The second-order valence-electron chi connectivity index (χ2n) is 19.1. The molecule has 67 heavy (non-hydrogen) atoms. The van der Waals surface area contributed by atoms with Crippen molar-refractivity contribution in [2.24, 2.45) is 0 Å². The van der Waals surface area contributed by atoms with Crippen LogP contribution in [-0.4, -0.2) is 0 Å². The molecule has 0 bridgehead atoms. The van der Waals surface area contributed by atoms with Crippen molar-refractivity contribution in [2.75, 3.05) is 4.90 Å². The van der Waals surface area contributed by atoms with Gasteiger partial charge in [0, 0.05) is 22.4 Å². The molecule has 1 atom stereocenters. The average Bonchev–Trinajstić information content (AvgIpc) is 3.80. The van der Waals surface area contributed by atoms with E-state index in [1.165, 1.54) is 94.6 Å². The van der Waals surface area contributed by atoms with E-state index in [2.05, 4.69) is 256 Å². The summed E-state index contributed by atoms with van der Waals surface area (Å²) in [6.07, 6.45) is 10.2. The number of benzene rings is 9. The predicted octanol–water partition coefficient (Wildman–Crippen LogP) is 17.3. The first kappa shape index (κ1) is 40.7. The molecule has 322 valence electrons. The standard InChI is InChI=1S/C66H53N/c1-45-22-16-17-31-53(45)57-41-51(37-36-48(57)40-46-23-8-4-9-24-46)67(64-44-62-59(43-58(64)47-25-10-5-11-26-47)55-33-18-20-34-60(55)65(62,2)3)52-38-39-56-54-32-19-21-35-61(54)66(63(56)42-52,49-27-12-6-13-28-49)50-29-14-7-15-30-50/h4-6,8-14,16-39,41-44H,7,15,40H2,1-3H3. The van der Waals surface area contributed by atoms with Gasteiger partial charge in [-0.25, -0.2) is 0 Å². The van der Waals surface area contributed by atoms with Gasteiger partial charge in [-0.3, -0.25) is 0 Å². The molecule has 1 nitrogen and oxygen atoms in total. The molecule has 0 fully saturated rings. The van der Waals surface area contributed by atoms with Crippen molar-refractivity contribution in [3.63, 3.8) is 0 Å². The van der Waals surface area contributed by atoms with Crippen molar-refractivity contribution in [3.8, 4) is 44.5 Å². The van der Waals surface area contributed by atoms with Crippen molar-refractivity contribution in [3.05, 3.63) is 281 Å². The molecule has 0 saturated heterocycles. The predicted molar refractivity (Wildman–Crippen MR) is 282 cm³/mol. The Labute approximate surface area is 396 Å². The van der Waals surface area contributed by atoms with Crippen molar-refractivity contribution in [1.29, 1.82) is 0 Å². The van der Waals surface area contributed by atoms with Gasteiger partial charge in [0.05, 0.1) is 11.1 Å². The number of hydrogen-bond acceptors (Lipinski definition) is 1. The lowest BCUT2D eigenvalue weighted by Crippen LogP contribution is -2.29. The van der Waals surface area contributed by atoms with Gasteiger partial charge in [0.15, 0.2) is 0 Å². The molecule has 0 radical (unpaired) electrons. The lowest BCUT2D eigenvalue weighted by molar-refractivity contribution is 0.660. The van der Waals surface area contributed by atoms with Crippen LogP contribution in [0.25, 0.3) is 44.5 Å². The van der Waals surface area contributed by atoms with Gasteiger partial charge in [0.25, 0.3) is 0 Å². The Morgan fingerprint density at radius 2 is 1.06 bits per heavy atom. The highest BCUT2D eigenvalue weighted by molar-refractivity contribution is 5.97. The van der Waals surface area contributed by atoms with Gasteiger partial charge in [-0.1, -0.05) is 208 Å². The Hall–Kier alpha value is -7.74. The van der Waals surface area contributed by atoms with Crippen molar-refractivity contribution < 1.29 is 0 Å². The number of allylic oxidation sites excluding steroid dienone is 4. The van der Waals surface area contributed by atoms with Crippen LogP contribution in [0.1, 0.15) is 71.2 Å². The lowest BCUT2D eigenvalue weighted by atomic mass is 9.66. The number of anilines is 3. The topological polar surface area (TPSA) is 3.24 Å². The molecule has 9 aromatic rings. The van der Waals surface area contributed by atoms with Crippen LogP contribution in [0.2, 0.25) is 0 Å². The van der Waals surface area contributed by atoms with E-state index in [1.54, 1.807) is 0 Å². The first-order chi connectivity index (χ1) is 32.9. The molecule has 0 N–H and O–H groups in total. The van der Waals surface area contributed by atoms with Crippen LogP contribution in [-0.2, 0) is 17.3 Å². The van der Waals surface area contributed by atoms with Gasteiger partial charge in [-0.15, -0.1) is 0 Å². The van der Waals surface area contributed by atoms with Crippen molar-refractivity contribution in [2.45, 2.75) is 50.9 Å². The zero-order valence-electron chi connectivity index (χ0n) is 38.5. The van der Waals surface area contributed by atoms with Gasteiger partial charge in [-0.2, -0.15) is 0 Å². The van der Waals surface area contributed by atoms with Crippen LogP contribution in [0.3, 0.4) is 0 Å². The van der Waals surface area contributed by atoms with E-state index >= 15 is 0 Å². The lowest BCUT2D eigenvalue weighted by Gasteiger charge is -2.37. The van der Waals surface area contributed by atoms with Crippen LogP contribution < -0.4 is 4.90 Å². The number of rotatable bonds is 9. The first-order valence-electron chi connectivity index (χ1n) is 23.9. The molecule has 0 saturated carbocycles. The third kappa shape index (κ3) is 6.59. The maximum atomic E-state index is 2.58. The molecule has 9 aromatic carbocycles. The Bertz CT molecular complexity index is 3410. The molecular weight excluding hydrogens is 807 g/mol. The van der Waals surface area contributed by atoms with Crippen LogP contribution in [0.5, 0.6) is 0 Å². The summed E-state index contributed by atoms with van der Waals surface area (Å²) < 4.78 is 0. The molecular formula is C66H53N. The molecule has 0 amide bonds. The van der Waals surface area contributed by atoms with E-state index in [-0.39, 0.29) is 5.41 Å². The zero-order valence-corrected chi connectivity index (χ0v) is 38.5. The molecule has 1 heteroatoms. The monoisotopic (exact) mass is 859 g/mol. The normalized spacial score (nSPS) is 16.1. The van der Waals surface area contributed by atoms with E-state index in [9.17, 15) is 0 Å². The SMILES string of the molecule is Cc1ccccc1-c1cc(N(c2ccc3c(c2)C(C2=CCCC=C2)(c2ccccc2)c2ccccc2-3)c2cc3c(cc2-c2ccccc2)-c2ccccc2C3(C)C)ccc1Cc1ccccc1. The fourth-order valence-electron chi connectivity index (χ4n) is 11.8. The molecule has 12 rings (SSSR count). The fourth-order valence-corrected chi connectivity index (χ4v) is 11.8. The molecule has 1 unspecified atom stereocenters. The zero-order chi connectivity index (χ0) is 45.1. The fraction of sp³-hybridized carbons (Fsp3) is 0.121. The third-order valence-corrected chi connectivity index (χ3v) is 15.0. The Morgan fingerprint density at radius 3 is 1.79 bits per heavy atom. The van der Waals surface area contributed by atoms with Crippen LogP contribution in [0, 0.1) is 6.92 Å². The number of nitrogens with zero attached hydrogens (tertiary/aromatic N) is 1. The van der Waals surface area contributed by atoms with Gasteiger partial charge < -0.3 is 4.90 Å². The third-order valence-electron chi connectivity index (χ3n) is 15.0. The minimum absolute atomic E-state index is 0.199. The van der Waals surface area contributed by atoms with Crippen LogP contribution in [0.15, 0.2) is 236 Å². The van der Waals surface area contributed by atoms with Gasteiger partial charge >= 0.3 is 0 Å². The molecule has 0 aliphatic heterocycles. The second kappa shape index (κ2) is 16.3. The maximum absolute atomic E-state index is 2.58. The van der Waals surface area contributed by atoms with E-state index < -0.39 is 5.41 Å². The van der Waals surface area contributed by atoms with E-state index in [4.69, 9.17) is 0 Å². The number of hydrogen-bond donors (Lipinski definition) is 0. The highest BCUT2D eigenvalue weighted by atomic mass is 15.1. The summed E-state index contributed by atoms with van der Waals surface area (Å²) in [6, 6.07) is 79.8. The van der Waals surface area contributed by atoms with Gasteiger partial charge in [0.1, 0.15) is 0 Å². The minimum atomic E-state index is -0.499. The maximum Gasteiger partial charge on any atom is 0.0711 e. The minimum Gasteiger partial charge on any atom is -0.310 e. The summed E-state index contributed by atoms with van der Waals surface area (Å²) >= 11 is 0. The first-order valence-corrected chi connectivity index (χ1v) is 23.9. The number of fused-ring (bicyclic) bond motifs is 6. The molecule has 0 spiro atoms. The molecule has 3 aliphatic carbocycles. The molecule has 3 aliphatic rings. The Balaban J connectivity index is 1.17. The summed E-state index contributed by atoms with van der Waals surface area (Å²) in [4.78, 5) is 2.58. The van der Waals surface area contributed by atoms with Crippen LogP contribution in [0.4, 0.5) is 17.1 Å². The van der Waals surface area contributed by atoms with Gasteiger partial charge in [-0.05, 0) is 152 Å². The largest absolute Gasteiger partial charge is 0.310 e. The van der Waals surface area contributed by atoms with E-state index in [0.29, 0.717) is 0 Å². The molecule has 0 heterocycles. The average molecular weight is 860 g/mol.